The van der Waals surface area contributed by atoms with Gasteiger partial charge in [0, 0.05) is 51.5 Å². The molecule has 8 nitrogen and oxygen atoms in total. The lowest BCUT2D eigenvalue weighted by Gasteiger charge is -2.40. The Labute approximate surface area is 211 Å². The van der Waals surface area contributed by atoms with Crippen molar-refractivity contribution in [1.82, 2.24) is 15.2 Å². The minimum absolute atomic E-state index is 0.0102. The highest BCUT2D eigenvalue weighted by molar-refractivity contribution is 7.09. The van der Waals surface area contributed by atoms with Crippen LogP contribution in [0, 0.1) is 5.92 Å². The van der Waals surface area contributed by atoms with Gasteiger partial charge in [0.15, 0.2) is 0 Å². The maximum Gasteiger partial charge on any atom is 0.230 e. The summed E-state index contributed by atoms with van der Waals surface area (Å²) in [7, 11) is 3.37. The number of amides is 1. The SMILES string of the molecule is COCCCc1cc(CN(C(=O)C2CNCCC2(O)c2nccs2)C2CC2)cc(OCCOC)c1. The first kappa shape index (κ1) is 26.0. The van der Waals surface area contributed by atoms with E-state index in [-0.39, 0.29) is 11.9 Å². The molecule has 0 radical (unpaired) electrons. The largest absolute Gasteiger partial charge is 0.491 e. The molecular formula is C26H37N3O5S. The van der Waals surface area contributed by atoms with Gasteiger partial charge in [-0.1, -0.05) is 6.07 Å². The smallest absolute Gasteiger partial charge is 0.230 e. The van der Waals surface area contributed by atoms with Crippen LogP contribution in [0.4, 0.5) is 0 Å². The van der Waals surface area contributed by atoms with E-state index in [1.54, 1.807) is 20.4 Å². The highest BCUT2D eigenvalue weighted by atomic mass is 32.1. The fourth-order valence-electron chi connectivity index (χ4n) is 4.73. The molecule has 0 bridgehead atoms. The molecule has 9 heteroatoms. The summed E-state index contributed by atoms with van der Waals surface area (Å²) in [6, 6.07) is 6.45. The lowest BCUT2D eigenvalue weighted by Crippen LogP contribution is -2.55. The van der Waals surface area contributed by atoms with Crippen LogP contribution < -0.4 is 10.1 Å². The van der Waals surface area contributed by atoms with Crippen LogP contribution in [0.15, 0.2) is 29.8 Å². The molecule has 1 amide bonds. The number of piperidine rings is 1. The number of nitrogens with one attached hydrogen (secondary N) is 1. The number of carbonyl (C=O) groups is 1. The Morgan fingerprint density at radius 2 is 2.00 bits per heavy atom. The molecule has 2 atom stereocenters. The van der Waals surface area contributed by atoms with E-state index in [4.69, 9.17) is 14.2 Å². The van der Waals surface area contributed by atoms with E-state index in [2.05, 4.69) is 22.4 Å². The van der Waals surface area contributed by atoms with Gasteiger partial charge in [-0.25, -0.2) is 4.98 Å². The van der Waals surface area contributed by atoms with Gasteiger partial charge in [-0.05, 0) is 61.9 Å². The molecular weight excluding hydrogens is 466 g/mol. The molecule has 2 unspecified atom stereocenters. The minimum atomic E-state index is -1.24. The average Bonchev–Trinajstić information content (AvgIpc) is 3.54. The van der Waals surface area contributed by atoms with E-state index >= 15 is 0 Å². The maximum absolute atomic E-state index is 13.9. The number of ether oxygens (including phenoxy) is 3. The Morgan fingerprint density at radius 3 is 2.71 bits per heavy atom. The number of methoxy groups -OCH3 is 2. The number of aliphatic hydroxyl groups is 1. The molecule has 1 aromatic carbocycles. The van der Waals surface area contributed by atoms with E-state index in [9.17, 15) is 9.90 Å². The van der Waals surface area contributed by atoms with Crippen molar-refractivity contribution < 1.29 is 24.1 Å². The molecule has 1 aliphatic carbocycles. The Hall–Kier alpha value is -2.04. The summed E-state index contributed by atoms with van der Waals surface area (Å²) in [5.41, 5.74) is 0.961. The van der Waals surface area contributed by atoms with Crippen molar-refractivity contribution in [3.05, 3.63) is 45.9 Å². The van der Waals surface area contributed by atoms with Crippen molar-refractivity contribution in [2.45, 2.75) is 50.3 Å². The lowest BCUT2D eigenvalue weighted by atomic mass is 9.81. The number of thiazole rings is 1. The van der Waals surface area contributed by atoms with Crippen LogP contribution in [0.1, 0.15) is 41.8 Å². The summed E-state index contributed by atoms with van der Waals surface area (Å²) < 4.78 is 16.3. The van der Waals surface area contributed by atoms with Gasteiger partial charge in [-0.2, -0.15) is 0 Å². The van der Waals surface area contributed by atoms with Gasteiger partial charge >= 0.3 is 0 Å². The monoisotopic (exact) mass is 503 g/mol. The van der Waals surface area contributed by atoms with Crippen molar-refractivity contribution in [2.24, 2.45) is 5.92 Å². The molecule has 2 heterocycles. The van der Waals surface area contributed by atoms with Crippen LogP contribution in [0.3, 0.4) is 0 Å². The van der Waals surface area contributed by atoms with Gasteiger partial charge in [-0.3, -0.25) is 4.79 Å². The summed E-state index contributed by atoms with van der Waals surface area (Å²) in [6.45, 7) is 3.28. The fraction of sp³-hybridized carbons (Fsp3) is 0.615. The second kappa shape index (κ2) is 12.3. The lowest BCUT2D eigenvalue weighted by molar-refractivity contribution is -0.150. The number of benzene rings is 1. The van der Waals surface area contributed by atoms with E-state index in [0.29, 0.717) is 50.9 Å². The normalized spacial score (nSPS) is 22.2. The first-order chi connectivity index (χ1) is 17.0. The van der Waals surface area contributed by atoms with E-state index < -0.39 is 11.5 Å². The quantitative estimate of drug-likeness (QED) is 0.406. The second-order valence-electron chi connectivity index (χ2n) is 9.39. The van der Waals surface area contributed by atoms with Gasteiger partial charge in [0.25, 0.3) is 0 Å². The van der Waals surface area contributed by atoms with Crippen LogP contribution >= 0.6 is 11.3 Å². The Morgan fingerprint density at radius 1 is 1.20 bits per heavy atom. The topological polar surface area (TPSA) is 93.2 Å². The van der Waals surface area contributed by atoms with Gasteiger partial charge in [0.1, 0.15) is 23.0 Å². The van der Waals surface area contributed by atoms with E-state index in [0.717, 1.165) is 42.6 Å². The molecule has 1 aliphatic heterocycles. The fourth-order valence-corrected chi connectivity index (χ4v) is 5.56. The standard InChI is InChI=1S/C26H37N3O5S/c1-32-10-3-4-19-14-20(16-22(15-19)34-12-11-33-2)18-29(21-5-6-21)24(30)23-17-27-8-7-26(23,31)25-28-9-13-35-25/h9,13-16,21,23,27,31H,3-8,10-12,17-18H2,1-2H3. The molecule has 2 N–H and O–H groups in total. The molecule has 1 saturated carbocycles. The number of aryl methyl sites for hydroxylation is 1. The first-order valence-corrected chi connectivity index (χ1v) is 13.3. The minimum Gasteiger partial charge on any atom is -0.491 e. The number of carbonyl (C=O) groups excluding carboxylic acids is 1. The van der Waals surface area contributed by atoms with Gasteiger partial charge < -0.3 is 29.5 Å². The number of rotatable bonds is 13. The Kier molecular flexibility index (Phi) is 9.13. The molecule has 2 fully saturated rings. The highest BCUT2D eigenvalue weighted by Gasteiger charge is 2.49. The molecule has 1 saturated heterocycles. The van der Waals surface area contributed by atoms with Crippen molar-refractivity contribution in [2.75, 3.05) is 47.1 Å². The Balaban J connectivity index is 1.55. The van der Waals surface area contributed by atoms with E-state index in [1.165, 1.54) is 11.3 Å². The van der Waals surface area contributed by atoms with Crippen LogP contribution in [0.25, 0.3) is 0 Å². The highest BCUT2D eigenvalue weighted by Crippen LogP contribution is 2.40. The summed E-state index contributed by atoms with van der Waals surface area (Å²) in [5.74, 6) is 0.211. The third-order valence-corrected chi connectivity index (χ3v) is 7.67. The van der Waals surface area contributed by atoms with Crippen molar-refractivity contribution in [1.29, 1.82) is 0 Å². The predicted molar refractivity (Wildman–Crippen MR) is 135 cm³/mol. The number of nitrogens with zero attached hydrogens (tertiary/aromatic N) is 2. The number of aromatic nitrogens is 1. The van der Waals surface area contributed by atoms with Gasteiger partial charge in [0.2, 0.25) is 5.91 Å². The molecule has 0 spiro atoms. The number of hydrogen-bond acceptors (Lipinski definition) is 8. The summed E-state index contributed by atoms with van der Waals surface area (Å²) in [6.07, 6.45) is 5.94. The summed E-state index contributed by atoms with van der Waals surface area (Å²) in [4.78, 5) is 20.3. The van der Waals surface area contributed by atoms with Crippen LogP contribution in [0.5, 0.6) is 5.75 Å². The van der Waals surface area contributed by atoms with E-state index in [1.807, 2.05) is 16.3 Å². The summed E-state index contributed by atoms with van der Waals surface area (Å²) in [5, 5.41) is 17.4. The Bertz CT molecular complexity index is 924. The van der Waals surface area contributed by atoms with Gasteiger partial charge in [0.05, 0.1) is 12.5 Å². The zero-order valence-electron chi connectivity index (χ0n) is 20.7. The average molecular weight is 504 g/mol. The first-order valence-electron chi connectivity index (χ1n) is 12.4. The third-order valence-electron chi connectivity index (χ3n) is 6.73. The van der Waals surface area contributed by atoms with Crippen molar-refractivity contribution in [3.8, 4) is 5.75 Å². The molecule has 35 heavy (non-hydrogen) atoms. The van der Waals surface area contributed by atoms with Crippen molar-refractivity contribution in [3.63, 3.8) is 0 Å². The van der Waals surface area contributed by atoms with Crippen LogP contribution in [0.2, 0.25) is 0 Å². The zero-order valence-corrected chi connectivity index (χ0v) is 21.5. The predicted octanol–water partition coefficient (Wildman–Crippen LogP) is 2.74. The number of hydrogen-bond donors (Lipinski definition) is 2. The molecule has 2 aliphatic rings. The van der Waals surface area contributed by atoms with Crippen LogP contribution in [-0.2, 0) is 32.8 Å². The third kappa shape index (κ3) is 6.59. The molecule has 2 aromatic rings. The summed E-state index contributed by atoms with van der Waals surface area (Å²) >= 11 is 1.42. The zero-order chi connectivity index (χ0) is 24.7. The van der Waals surface area contributed by atoms with Gasteiger partial charge in [-0.15, -0.1) is 11.3 Å². The van der Waals surface area contributed by atoms with Crippen molar-refractivity contribution >= 4 is 17.2 Å². The maximum atomic E-state index is 13.9. The molecule has 1 aromatic heterocycles. The molecule has 192 valence electrons. The van der Waals surface area contributed by atoms with Crippen LogP contribution in [-0.4, -0.2) is 74.1 Å². The molecule has 4 rings (SSSR count). The second-order valence-corrected chi connectivity index (χ2v) is 10.3.